The average Bonchev–Trinajstić information content (AvgIpc) is 3.67. The largest absolute Gasteiger partial charge is 0.507 e. The van der Waals surface area contributed by atoms with Gasteiger partial charge >= 0.3 is 5.91 Å². The van der Waals surface area contributed by atoms with E-state index in [9.17, 15) is 14.7 Å². The number of aromatic nitrogens is 2. The number of nitrogens with zero attached hydrogens (tertiary/aromatic N) is 3. The highest BCUT2D eigenvalue weighted by Crippen LogP contribution is 2.44. The second-order valence-corrected chi connectivity index (χ2v) is 12.7. The van der Waals surface area contributed by atoms with Crippen LogP contribution < -0.4 is 9.64 Å². The van der Waals surface area contributed by atoms with Crippen molar-refractivity contribution in [3.05, 3.63) is 106 Å². The Kier molecular flexibility index (Phi) is 7.40. The summed E-state index contributed by atoms with van der Waals surface area (Å²) in [4.78, 5) is 28.5. The number of ketones is 1. The van der Waals surface area contributed by atoms with Gasteiger partial charge in [0.05, 0.1) is 11.6 Å². The summed E-state index contributed by atoms with van der Waals surface area (Å²) in [7, 11) is 0. The predicted molar refractivity (Wildman–Crippen MR) is 161 cm³/mol. The van der Waals surface area contributed by atoms with E-state index < -0.39 is 17.7 Å². The van der Waals surface area contributed by atoms with E-state index in [0.717, 1.165) is 22.4 Å². The van der Waals surface area contributed by atoms with Crippen molar-refractivity contribution in [1.29, 1.82) is 0 Å². The molecule has 2 atom stereocenters. The zero-order valence-corrected chi connectivity index (χ0v) is 24.5. The summed E-state index contributed by atoms with van der Waals surface area (Å²) in [5, 5.41) is 20.5. The van der Waals surface area contributed by atoms with Gasteiger partial charge in [0.2, 0.25) is 5.13 Å². The van der Waals surface area contributed by atoms with Crippen LogP contribution in [-0.4, -0.2) is 33.1 Å². The Morgan fingerprint density at radius 1 is 1.07 bits per heavy atom. The molecule has 9 heteroatoms. The topological polar surface area (TPSA) is 92.6 Å². The van der Waals surface area contributed by atoms with Crippen LogP contribution in [0.25, 0.3) is 5.76 Å². The molecule has 1 aromatic heterocycles. The van der Waals surface area contributed by atoms with Gasteiger partial charge in [0.25, 0.3) is 5.78 Å². The van der Waals surface area contributed by atoms with E-state index in [0.29, 0.717) is 38.7 Å². The summed E-state index contributed by atoms with van der Waals surface area (Å²) in [6.45, 7) is 6.20. The minimum Gasteiger partial charge on any atom is -0.507 e. The van der Waals surface area contributed by atoms with Crippen LogP contribution >= 0.6 is 23.1 Å². The molecule has 1 saturated heterocycles. The number of aliphatic hydroxyl groups is 1. The number of hydrogen-bond acceptors (Lipinski definition) is 8. The van der Waals surface area contributed by atoms with Crippen LogP contribution in [0, 0.1) is 0 Å². The molecule has 7 nitrogen and oxygen atoms in total. The fourth-order valence-corrected chi connectivity index (χ4v) is 7.03. The van der Waals surface area contributed by atoms with Crippen molar-refractivity contribution in [3.63, 3.8) is 0 Å². The van der Waals surface area contributed by atoms with Crippen LogP contribution in [-0.2, 0) is 21.8 Å². The van der Waals surface area contributed by atoms with Crippen molar-refractivity contribution in [2.45, 2.75) is 55.3 Å². The number of carbonyl (C=O) groups is 2. The van der Waals surface area contributed by atoms with Gasteiger partial charge in [-0.2, -0.15) is 0 Å². The van der Waals surface area contributed by atoms with Gasteiger partial charge in [-0.1, -0.05) is 91.5 Å². The number of Topliss-reactive ketones (excluding diaryl/α,β-unsaturated/α-hetero) is 1. The second-order valence-electron chi connectivity index (χ2n) is 10.6. The number of amides is 1. The molecule has 0 aliphatic carbocycles. The first-order chi connectivity index (χ1) is 19.8. The van der Waals surface area contributed by atoms with E-state index in [1.165, 1.54) is 28.0 Å². The summed E-state index contributed by atoms with van der Waals surface area (Å²) in [6, 6.07) is 22.4. The maximum Gasteiger partial charge on any atom is 0.301 e. The Morgan fingerprint density at radius 2 is 1.83 bits per heavy atom. The molecule has 0 saturated carbocycles. The average molecular weight is 584 g/mol. The first-order valence-corrected chi connectivity index (χ1v) is 15.3. The molecular weight excluding hydrogens is 555 g/mol. The summed E-state index contributed by atoms with van der Waals surface area (Å²) in [6.07, 6.45) is 0.748. The Labute approximate surface area is 246 Å². The van der Waals surface area contributed by atoms with E-state index in [4.69, 9.17) is 4.74 Å². The van der Waals surface area contributed by atoms with Gasteiger partial charge in [-0.05, 0) is 53.3 Å². The van der Waals surface area contributed by atoms with Gasteiger partial charge in [0, 0.05) is 17.7 Å². The molecule has 2 aliphatic rings. The summed E-state index contributed by atoms with van der Waals surface area (Å²) in [5.41, 5.74) is 4.45. The van der Waals surface area contributed by atoms with E-state index in [1.54, 1.807) is 12.1 Å². The van der Waals surface area contributed by atoms with E-state index in [1.807, 2.05) is 67.6 Å². The summed E-state index contributed by atoms with van der Waals surface area (Å²) in [5.74, 6) is 0.0881. The molecule has 1 fully saturated rings. The van der Waals surface area contributed by atoms with Crippen molar-refractivity contribution >= 4 is 45.7 Å². The first kappa shape index (κ1) is 27.2. The molecule has 2 aliphatic heterocycles. The number of rotatable bonds is 7. The molecule has 2 unspecified atom stereocenters. The van der Waals surface area contributed by atoms with Crippen molar-refractivity contribution in [1.82, 2.24) is 10.2 Å². The van der Waals surface area contributed by atoms with Gasteiger partial charge in [-0.15, -0.1) is 10.2 Å². The zero-order chi connectivity index (χ0) is 28.7. The highest BCUT2D eigenvalue weighted by atomic mass is 32.2. The number of aliphatic hydroxyl groups excluding tert-OH is 1. The normalized spacial score (nSPS) is 19.6. The fraction of sp³-hybridized carbons (Fsp3) is 0.250. The molecule has 3 heterocycles. The van der Waals surface area contributed by atoms with Crippen molar-refractivity contribution in [3.8, 4) is 5.75 Å². The Bertz CT molecular complexity index is 1650. The quantitative estimate of drug-likeness (QED) is 0.0831. The molecule has 4 aromatic rings. The first-order valence-electron chi connectivity index (χ1n) is 13.5. The van der Waals surface area contributed by atoms with E-state index >= 15 is 0 Å². The molecule has 208 valence electrons. The standard InChI is InChI=1S/C32H29N3O4S2/c1-18(2)21-9-11-22(12-10-21)27-26(28(36)23-13-14-25-24(16-23)15-19(3)39-25)29(37)30(38)35(27)31-33-34-32(41-31)40-17-20-7-5-4-6-8-20/h4-14,16,18-19,27,36H,15,17H2,1-3H3/b28-26+. The molecule has 0 radical (unpaired) electrons. The number of fused-ring (bicyclic) bond motifs is 1. The van der Waals surface area contributed by atoms with Gasteiger partial charge in [-0.3, -0.25) is 14.5 Å². The number of thioether (sulfide) groups is 1. The third kappa shape index (κ3) is 5.27. The molecule has 3 aromatic carbocycles. The molecule has 1 amide bonds. The van der Waals surface area contributed by atoms with E-state index in [-0.39, 0.29) is 17.4 Å². The molecule has 1 N–H and O–H groups in total. The van der Waals surface area contributed by atoms with Gasteiger partial charge in [0.1, 0.15) is 17.6 Å². The summed E-state index contributed by atoms with van der Waals surface area (Å²) < 4.78 is 6.50. The lowest BCUT2D eigenvalue weighted by Gasteiger charge is -2.23. The van der Waals surface area contributed by atoms with Crippen molar-refractivity contribution in [2.75, 3.05) is 4.90 Å². The third-order valence-electron chi connectivity index (χ3n) is 7.34. The molecular formula is C32H29N3O4S2. The smallest absolute Gasteiger partial charge is 0.301 e. The predicted octanol–water partition coefficient (Wildman–Crippen LogP) is 6.90. The van der Waals surface area contributed by atoms with Crippen LogP contribution in [0.3, 0.4) is 0 Å². The van der Waals surface area contributed by atoms with Gasteiger partial charge in [0.15, 0.2) is 4.34 Å². The van der Waals surface area contributed by atoms with Gasteiger partial charge in [-0.25, -0.2) is 0 Å². The number of ether oxygens (including phenoxy) is 1. The molecule has 6 rings (SSSR count). The number of benzene rings is 3. The van der Waals surface area contributed by atoms with Crippen molar-refractivity contribution in [2.24, 2.45) is 0 Å². The third-order valence-corrected chi connectivity index (χ3v) is 9.47. The Morgan fingerprint density at radius 3 is 2.56 bits per heavy atom. The lowest BCUT2D eigenvalue weighted by molar-refractivity contribution is -0.132. The zero-order valence-electron chi connectivity index (χ0n) is 22.9. The maximum absolute atomic E-state index is 13.6. The minimum atomic E-state index is -0.848. The number of carbonyl (C=O) groups excluding carboxylic acids is 2. The highest BCUT2D eigenvalue weighted by molar-refractivity contribution is 8.00. The lowest BCUT2D eigenvalue weighted by atomic mass is 9.93. The van der Waals surface area contributed by atoms with Crippen LogP contribution in [0.2, 0.25) is 0 Å². The molecule has 0 spiro atoms. The molecule has 0 bridgehead atoms. The van der Waals surface area contributed by atoms with Crippen LogP contribution in [0.5, 0.6) is 5.75 Å². The Hall–Kier alpha value is -3.95. The fourth-order valence-electron chi connectivity index (χ4n) is 5.21. The van der Waals surface area contributed by atoms with Crippen LogP contribution in [0.1, 0.15) is 60.5 Å². The number of anilines is 1. The van der Waals surface area contributed by atoms with Crippen molar-refractivity contribution < 1.29 is 19.4 Å². The lowest BCUT2D eigenvalue weighted by Crippen LogP contribution is -2.29. The maximum atomic E-state index is 13.6. The van der Waals surface area contributed by atoms with Gasteiger partial charge < -0.3 is 9.84 Å². The van der Waals surface area contributed by atoms with E-state index in [2.05, 4.69) is 24.0 Å². The van der Waals surface area contributed by atoms with Crippen LogP contribution in [0.15, 0.2) is 82.7 Å². The highest BCUT2D eigenvalue weighted by Gasteiger charge is 2.48. The Balaban J connectivity index is 1.40. The summed E-state index contributed by atoms with van der Waals surface area (Å²) >= 11 is 2.78. The monoisotopic (exact) mass is 583 g/mol. The SMILES string of the molecule is CC1Cc2cc(/C(O)=C3\C(=O)C(=O)N(c4nnc(SCc5ccccc5)s4)C3c3ccc(C(C)C)cc3)ccc2O1. The van der Waals surface area contributed by atoms with Crippen LogP contribution in [0.4, 0.5) is 5.13 Å². The molecule has 41 heavy (non-hydrogen) atoms. The number of hydrogen-bond donors (Lipinski definition) is 1. The minimum absolute atomic E-state index is 0.0351. The second kappa shape index (κ2) is 11.1.